The van der Waals surface area contributed by atoms with Crippen LogP contribution in [0.15, 0.2) is 43.0 Å². The van der Waals surface area contributed by atoms with Gasteiger partial charge in [-0.3, -0.25) is 0 Å². The van der Waals surface area contributed by atoms with E-state index in [-0.39, 0.29) is 7.43 Å². The molecule has 0 unspecified atom stereocenters. The topological polar surface area (TPSA) is 9.86 Å². The molecule has 2 aromatic heterocycles. The van der Waals surface area contributed by atoms with Gasteiger partial charge in [0.05, 0.1) is 0 Å². The number of aryl methyl sites for hydroxylation is 3. The van der Waals surface area contributed by atoms with Crippen LogP contribution in [-0.2, 0) is 14.1 Å². The van der Waals surface area contributed by atoms with Gasteiger partial charge in [-0.05, 0) is 30.7 Å². The van der Waals surface area contributed by atoms with Crippen molar-refractivity contribution < 1.29 is 0 Å². The molecule has 0 saturated heterocycles. The summed E-state index contributed by atoms with van der Waals surface area (Å²) in [5, 5.41) is 0. The largest absolute Gasteiger partial charge is 0.357 e. The molecule has 0 N–H and O–H groups in total. The normalized spacial score (nSPS) is 8.50. The fraction of sp³-hybridized carbons (Fsp3) is 0.333. The Hall–Kier alpha value is -1.44. The van der Waals surface area contributed by atoms with Crippen molar-refractivity contribution in [1.82, 2.24) is 9.13 Å². The van der Waals surface area contributed by atoms with E-state index in [1.807, 2.05) is 54.0 Å². The van der Waals surface area contributed by atoms with Gasteiger partial charge in [-0.2, -0.15) is 0 Å². The zero-order chi connectivity index (χ0) is 9.68. The van der Waals surface area contributed by atoms with E-state index in [1.165, 1.54) is 5.56 Å². The molecule has 0 radical (unpaired) electrons. The van der Waals surface area contributed by atoms with Crippen LogP contribution < -0.4 is 0 Å². The summed E-state index contributed by atoms with van der Waals surface area (Å²) in [6.45, 7) is 2.08. The molecule has 0 spiro atoms. The molecule has 2 heteroatoms. The molecule has 0 saturated carbocycles. The molecule has 78 valence electrons. The third kappa shape index (κ3) is 4.55. The van der Waals surface area contributed by atoms with E-state index in [0.717, 1.165) is 0 Å². The minimum absolute atomic E-state index is 0. The molecule has 2 nitrogen and oxygen atoms in total. The van der Waals surface area contributed by atoms with Crippen LogP contribution in [0.25, 0.3) is 0 Å². The molecule has 0 amide bonds. The molecule has 0 aliphatic heterocycles. The van der Waals surface area contributed by atoms with Crippen LogP contribution in [0.4, 0.5) is 0 Å². The van der Waals surface area contributed by atoms with E-state index in [1.54, 1.807) is 0 Å². The van der Waals surface area contributed by atoms with Crippen molar-refractivity contribution in [2.24, 2.45) is 14.1 Å². The number of rotatable bonds is 0. The first-order valence-electron chi connectivity index (χ1n) is 4.34. The summed E-state index contributed by atoms with van der Waals surface area (Å²) in [6.07, 6.45) is 8.12. The summed E-state index contributed by atoms with van der Waals surface area (Å²) in [5.41, 5.74) is 1.32. The van der Waals surface area contributed by atoms with E-state index in [4.69, 9.17) is 0 Å². The monoisotopic (exact) mass is 192 g/mol. The lowest BCUT2D eigenvalue weighted by Crippen LogP contribution is -1.76. The lowest BCUT2D eigenvalue weighted by atomic mass is 10.4. The summed E-state index contributed by atoms with van der Waals surface area (Å²) in [4.78, 5) is 0. The summed E-state index contributed by atoms with van der Waals surface area (Å²) in [7, 11) is 4.02. The van der Waals surface area contributed by atoms with Crippen molar-refractivity contribution in [3.8, 4) is 0 Å². The summed E-state index contributed by atoms with van der Waals surface area (Å²) < 4.78 is 4.04. The molecule has 2 heterocycles. The average molecular weight is 192 g/mol. The zero-order valence-electron chi connectivity index (χ0n) is 8.44. The van der Waals surface area contributed by atoms with Gasteiger partial charge in [-0.25, -0.2) is 0 Å². The first-order chi connectivity index (χ1) is 6.18. The van der Waals surface area contributed by atoms with Crippen LogP contribution >= 0.6 is 0 Å². The van der Waals surface area contributed by atoms with Crippen molar-refractivity contribution in [1.29, 1.82) is 0 Å². The highest BCUT2D eigenvalue weighted by atomic mass is 14.9. The fourth-order valence-corrected chi connectivity index (χ4v) is 1.06. The second-order valence-corrected chi connectivity index (χ2v) is 3.20. The predicted octanol–water partition coefficient (Wildman–Crippen LogP) is 2.99. The molecule has 0 fully saturated rings. The molecule has 0 aliphatic rings. The second kappa shape index (κ2) is 6.08. The number of hydrogen-bond acceptors (Lipinski definition) is 0. The van der Waals surface area contributed by atoms with Crippen LogP contribution in [0.5, 0.6) is 0 Å². The van der Waals surface area contributed by atoms with Gasteiger partial charge in [-0.15, -0.1) is 0 Å². The van der Waals surface area contributed by atoms with E-state index in [0.29, 0.717) is 0 Å². The Morgan fingerprint density at radius 1 is 0.929 bits per heavy atom. The molecule has 2 aromatic rings. The molecular formula is C12H20N2. The Bertz CT molecular complexity index is 314. The van der Waals surface area contributed by atoms with Crippen LogP contribution in [0.2, 0.25) is 0 Å². The van der Waals surface area contributed by atoms with Gasteiger partial charge in [0.2, 0.25) is 0 Å². The second-order valence-electron chi connectivity index (χ2n) is 3.20. The van der Waals surface area contributed by atoms with E-state index < -0.39 is 0 Å². The van der Waals surface area contributed by atoms with Gasteiger partial charge in [0.25, 0.3) is 0 Å². The molecule has 14 heavy (non-hydrogen) atoms. The highest BCUT2D eigenvalue weighted by Crippen LogP contribution is 1.93. The maximum atomic E-state index is 2.08. The third-order valence-corrected chi connectivity index (χ3v) is 1.73. The quantitative estimate of drug-likeness (QED) is 0.607. The summed E-state index contributed by atoms with van der Waals surface area (Å²) in [6, 6.07) is 6.08. The molecule has 0 bridgehead atoms. The minimum Gasteiger partial charge on any atom is -0.357 e. The Kier molecular flexibility index (Phi) is 5.46. The van der Waals surface area contributed by atoms with Crippen LogP contribution in [-0.4, -0.2) is 9.13 Å². The van der Waals surface area contributed by atoms with Gasteiger partial charge in [-0.1, -0.05) is 7.43 Å². The first-order valence-corrected chi connectivity index (χ1v) is 4.34. The maximum absolute atomic E-state index is 2.08. The van der Waals surface area contributed by atoms with Crippen molar-refractivity contribution in [2.45, 2.75) is 14.4 Å². The van der Waals surface area contributed by atoms with E-state index in [9.17, 15) is 0 Å². The van der Waals surface area contributed by atoms with Crippen LogP contribution in [0, 0.1) is 6.92 Å². The standard InChI is InChI=1S/C6H9N.C5H7N.CH4/c1-6-3-4-7(2)5-6;1-6-4-2-3-5-6;/h3-5H,1-2H3;2-5H,1H3;1H4. The minimum atomic E-state index is 0. The Morgan fingerprint density at radius 2 is 1.50 bits per heavy atom. The lowest BCUT2D eigenvalue weighted by Gasteiger charge is -1.80. The Balaban J connectivity index is 0.000000227. The highest BCUT2D eigenvalue weighted by Gasteiger charge is 1.80. The molecule has 0 atom stereocenters. The maximum Gasteiger partial charge on any atom is 0.0106 e. The third-order valence-electron chi connectivity index (χ3n) is 1.73. The van der Waals surface area contributed by atoms with Crippen molar-refractivity contribution in [2.75, 3.05) is 0 Å². The van der Waals surface area contributed by atoms with Gasteiger partial charge in [0.1, 0.15) is 0 Å². The van der Waals surface area contributed by atoms with Crippen molar-refractivity contribution in [3.05, 3.63) is 48.5 Å². The fourth-order valence-electron chi connectivity index (χ4n) is 1.06. The lowest BCUT2D eigenvalue weighted by molar-refractivity contribution is 0.925. The number of aromatic nitrogens is 2. The van der Waals surface area contributed by atoms with Crippen molar-refractivity contribution in [3.63, 3.8) is 0 Å². The molecule has 0 aliphatic carbocycles. The zero-order valence-corrected chi connectivity index (χ0v) is 8.44. The van der Waals surface area contributed by atoms with Crippen LogP contribution in [0.1, 0.15) is 13.0 Å². The Labute approximate surface area is 86.8 Å². The molecule has 2 rings (SSSR count). The van der Waals surface area contributed by atoms with Gasteiger partial charge >= 0.3 is 0 Å². The first kappa shape index (κ1) is 12.6. The van der Waals surface area contributed by atoms with E-state index >= 15 is 0 Å². The molecule has 0 aromatic carbocycles. The Morgan fingerprint density at radius 3 is 1.64 bits per heavy atom. The predicted molar refractivity (Wildman–Crippen MR) is 62.3 cm³/mol. The average Bonchev–Trinajstić information content (AvgIpc) is 2.64. The molecular weight excluding hydrogens is 172 g/mol. The van der Waals surface area contributed by atoms with Crippen molar-refractivity contribution >= 4 is 0 Å². The number of hydrogen-bond donors (Lipinski definition) is 0. The number of nitrogens with zero attached hydrogens (tertiary/aromatic N) is 2. The van der Waals surface area contributed by atoms with Gasteiger partial charge in [0.15, 0.2) is 0 Å². The van der Waals surface area contributed by atoms with Crippen LogP contribution in [0.3, 0.4) is 0 Å². The van der Waals surface area contributed by atoms with Gasteiger partial charge < -0.3 is 9.13 Å². The summed E-state index contributed by atoms with van der Waals surface area (Å²) >= 11 is 0. The van der Waals surface area contributed by atoms with Gasteiger partial charge in [0, 0.05) is 38.9 Å². The smallest absolute Gasteiger partial charge is 0.0106 e. The van der Waals surface area contributed by atoms with E-state index in [2.05, 4.69) is 19.2 Å². The highest BCUT2D eigenvalue weighted by molar-refractivity contribution is 5.06. The SMILES string of the molecule is C.Cc1ccn(C)c1.Cn1cccc1. The summed E-state index contributed by atoms with van der Waals surface area (Å²) in [5.74, 6) is 0.